The number of H-pyrrole nitrogens is 1. The van der Waals surface area contributed by atoms with Crippen LogP contribution in [0.3, 0.4) is 0 Å². The van der Waals surface area contributed by atoms with Gasteiger partial charge in [0.05, 0.1) is 24.9 Å². The summed E-state index contributed by atoms with van der Waals surface area (Å²) in [6.07, 6.45) is 10.2. The van der Waals surface area contributed by atoms with Gasteiger partial charge in [-0.1, -0.05) is 30.4 Å². The molecule has 10 nitrogen and oxygen atoms in total. The minimum absolute atomic E-state index is 0.0356. The van der Waals surface area contributed by atoms with Crippen LogP contribution in [-0.2, 0) is 9.53 Å². The highest BCUT2D eigenvalue weighted by Crippen LogP contribution is 2.30. The number of morpholine rings is 1. The Balaban J connectivity index is 1.37. The molecular weight excluding hydrogens is 487 g/mol. The van der Waals surface area contributed by atoms with Crippen LogP contribution in [0.25, 0.3) is 22.3 Å². The number of hydrogen-bond donors (Lipinski definition) is 3. The highest BCUT2D eigenvalue weighted by molar-refractivity contribution is 6.00. The van der Waals surface area contributed by atoms with Crippen LogP contribution in [0.5, 0.6) is 0 Å². The zero-order chi connectivity index (χ0) is 26.5. The van der Waals surface area contributed by atoms with Gasteiger partial charge in [0.1, 0.15) is 5.39 Å². The van der Waals surface area contributed by atoms with E-state index in [2.05, 4.69) is 47.9 Å². The molecule has 5 rings (SSSR count). The van der Waals surface area contributed by atoms with Crippen LogP contribution in [-0.4, -0.2) is 88.9 Å². The molecule has 2 aliphatic rings. The van der Waals surface area contributed by atoms with E-state index in [-0.39, 0.29) is 23.0 Å². The lowest BCUT2D eigenvalue weighted by atomic mass is 10.0. The number of allylic oxidation sites excluding steroid dienone is 2. The molecule has 1 unspecified atom stereocenters. The van der Waals surface area contributed by atoms with Crippen LogP contribution in [0, 0.1) is 5.95 Å². The number of benzene rings is 1. The number of anilines is 2. The summed E-state index contributed by atoms with van der Waals surface area (Å²) in [5, 5.41) is 12.8. The minimum Gasteiger partial charge on any atom is -0.378 e. The Morgan fingerprint density at radius 3 is 2.95 bits per heavy atom. The summed E-state index contributed by atoms with van der Waals surface area (Å²) in [6, 6.07) is 7.10. The van der Waals surface area contributed by atoms with Crippen molar-refractivity contribution in [2.45, 2.75) is 12.5 Å². The van der Waals surface area contributed by atoms with Crippen molar-refractivity contribution in [3.63, 3.8) is 0 Å². The molecule has 1 saturated heterocycles. The van der Waals surface area contributed by atoms with E-state index >= 15 is 0 Å². The number of carbonyl (C=O) groups excluding carboxylic acids is 1. The Morgan fingerprint density at radius 1 is 1.29 bits per heavy atom. The summed E-state index contributed by atoms with van der Waals surface area (Å²) in [4.78, 5) is 25.8. The van der Waals surface area contributed by atoms with E-state index < -0.39 is 5.95 Å². The Bertz CT molecular complexity index is 1390. The Morgan fingerprint density at radius 2 is 2.13 bits per heavy atom. The van der Waals surface area contributed by atoms with Gasteiger partial charge in [-0.2, -0.15) is 14.5 Å². The third-order valence-corrected chi connectivity index (χ3v) is 6.31. The summed E-state index contributed by atoms with van der Waals surface area (Å²) in [5.74, 6) is -0.516. The second-order valence-corrected chi connectivity index (χ2v) is 9.46. The van der Waals surface area contributed by atoms with E-state index in [1.54, 1.807) is 24.3 Å². The second-order valence-electron chi connectivity index (χ2n) is 9.46. The van der Waals surface area contributed by atoms with Crippen LogP contribution >= 0.6 is 0 Å². The zero-order valence-corrected chi connectivity index (χ0v) is 21.4. The van der Waals surface area contributed by atoms with Gasteiger partial charge in [-0.25, -0.2) is 4.98 Å². The number of nitrogens with zero attached hydrogens (tertiary/aromatic N) is 5. The number of amides is 1. The lowest BCUT2D eigenvalue weighted by Gasteiger charge is -2.33. The first-order valence-corrected chi connectivity index (χ1v) is 12.6. The summed E-state index contributed by atoms with van der Waals surface area (Å²) in [7, 11) is 3.85. The molecule has 1 fully saturated rings. The molecular formula is C27H31FN8O2. The fourth-order valence-electron chi connectivity index (χ4n) is 4.47. The topological polar surface area (TPSA) is 111 Å². The average molecular weight is 519 g/mol. The van der Waals surface area contributed by atoms with Gasteiger partial charge < -0.3 is 25.2 Å². The van der Waals surface area contributed by atoms with Crippen LogP contribution in [0.15, 0.2) is 60.3 Å². The minimum atomic E-state index is -0.613. The number of ether oxygens (including phenoxy) is 1. The third kappa shape index (κ3) is 6.06. The van der Waals surface area contributed by atoms with E-state index in [1.807, 2.05) is 31.1 Å². The average Bonchev–Trinajstić information content (AvgIpc) is 3.29. The number of aromatic amines is 1. The molecule has 1 aliphatic heterocycles. The van der Waals surface area contributed by atoms with Gasteiger partial charge in [0.15, 0.2) is 5.65 Å². The normalized spacial score (nSPS) is 17.8. The first kappa shape index (κ1) is 25.6. The molecule has 3 aromatic rings. The SMILES string of the molecule is CN(C)C/C=C/C(=O)Nc1cccc(-c2nc(NC3C=CC=C(N4CCOCC4)C3)nc3n[nH]c(F)c23)c1. The standard InChI is InChI=1S/C27H31FN8O2/c1-35(2)11-5-10-22(37)29-19-7-3-6-18(16-19)24-23-25(28)33-34-26(23)32-27(31-24)30-20-8-4-9-21(17-20)36-12-14-38-15-13-36/h3-10,16,20H,11-15,17H2,1-2H3,(H,29,37)(H2,30,31,32,33,34)/b10-5+. The number of likely N-dealkylation sites (N-methyl/N-ethyl adjacent to an activating group) is 1. The Labute approximate surface area is 220 Å². The highest BCUT2D eigenvalue weighted by Gasteiger charge is 2.22. The van der Waals surface area contributed by atoms with Gasteiger partial charge >= 0.3 is 0 Å². The van der Waals surface area contributed by atoms with E-state index in [0.717, 1.165) is 32.7 Å². The smallest absolute Gasteiger partial charge is 0.248 e. The number of aromatic nitrogens is 4. The van der Waals surface area contributed by atoms with Gasteiger partial charge in [-0.05, 0) is 32.3 Å². The Kier molecular flexibility index (Phi) is 7.75. The van der Waals surface area contributed by atoms with Gasteiger partial charge in [-0.15, -0.1) is 0 Å². The van der Waals surface area contributed by atoms with E-state index in [9.17, 15) is 9.18 Å². The lowest BCUT2D eigenvalue weighted by molar-refractivity contribution is -0.111. The van der Waals surface area contributed by atoms with Gasteiger partial charge in [0.25, 0.3) is 0 Å². The highest BCUT2D eigenvalue weighted by atomic mass is 19.1. The number of nitrogens with one attached hydrogen (secondary N) is 3. The molecule has 38 heavy (non-hydrogen) atoms. The van der Waals surface area contributed by atoms with Gasteiger partial charge in [0, 0.05) is 49.1 Å². The quantitative estimate of drug-likeness (QED) is 0.390. The third-order valence-electron chi connectivity index (χ3n) is 6.31. The molecule has 2 aromatic heterocycles. The van der Waals surface area contributed by atoms with Crippen molar-refractivity contribution in [1.82, 2.24) is 30.0 Å². The van der Waals surface area contributed by atoms with Crippen molar-refractivity contribution in [3.05, 3.63) is 66.3 Å². The number of hydrogen-bond acceptors (Lipinski definition) is 8. The molecule has 1 aliphatic carbocycles. The molecule has 0 bridgehead atoms. The first-order chi connectivity index (χ1) is 18.5. The molecule has 0 radical (unpaired) electrons. The zero-order valence-electron chi connectivity index (χ0n) is 21.4. The van der Waals surface area contributed by atoms with E-state index in [1.165, 1.54) is 11.8 Å². The van der Waals surface area contributed by atoms with E-state index in [0.29, 0.717) is 29.4 Å². The summed E-state index contributed by atoms with van der Waals surface area (Å²) >= 11 is 0. The molecule has 3 heterocycles. The maximum atomic E-state index is 14.7. The van der Waals surface area contributed by atoms with Crippen LogP contribution in [0.4, 0.5) is 16.0 Å². The van der Waals surface area contributed by atoms with Crippen molar-refractivity contribution < 1.29 is 13.9 Å². The van der Waals surface area contributed by atoms with Crippen LogP contribution < -0.4 is 10.6 Å². The summed E-state index contributed by atoms with van der Waals surface area (Å²) in [6.45, 7) is 3.83. The fraction of sp³-hybridized carbons (Fsp3) is 0.333. The lowest BCUT2D eigenvalue weighted by Crippen LogP contribution is -2.37. The molecule has 11 heteroatoms. The van der Waals surface area contributed by atoms with Crippen molar-refractivity contribution in [1.29, 1.82) is 0 Å². The molecule has 0 saturated carbocycles. The number of halogens is 1. The number of rotatable bonds is 8. The molecule has 3 N–H and O–H groups in total. The predicted octanol–water partition coefficient (Wildman–Crippen LogP) is 3.17. The molecule has 0 spiro atoms. The largest absolute Gasteiger partial charge is 0.378 e. The number of fused-ring (bicyclic) bond motifs is 1. The molecule has 198 valence electrons. The van der Waals surface area contributed by atoms with E-state index in [4.69, 9.17) is 4.74 Å². The molecule has 1 atom stereocenters. The molecule has 1 aromatic carbocycles. The number of carbonyl (C=O) groups is 1. The fourth-order valence-corrected chi connectivity index (χ4v) is 4.47. The van der Waals surface area contributed by atoms with Crippen molar-refractivity contribution in [2.75, 3.05) is 57.6 Å². The Hall–Kier alpha value is -4.09. The van der Waals surface area contributed by atoms with Crippen LogP contribution in [0.2, 0.25) is 0 Å². The van der Waals surface area contributed by atoms with Gasteiger partial charge in [-0.3, -0.25) is 9.89 Å². The van der Waals surface area contributed by atoms with Crippen molar-refractivity contribution in [3.8, 4) is 11.3 Å². The van der Waals surface area contributed by atoms with Gasteiger partial charge in [0.2, 0.25) is 17.8 Å². The van der Waals surface area contributed by atoms with Crippen LogP contribution in [0.1, 0.15) is 6.42 Å². The predicted molar refractivity (Wildman–Crippen MR) is 145 cm³/mol. The second kappa shape index (κ2) is 11.5. The van der Waals surface area contributed by atoms with Crippen molar-refractivity contribution >= 4 is 28.6 Å². The maximum absolute atomic E-state index is 14.7. The van der Waals surface area contributed by atoms with Crippen molar-refractivity contribution in [2.24, 2.45) is 0 Å². The monoisotopic (exact) mass is 518 g/mol. The summed E-state index contributed by atoms with van der Waals surface area (Å²) in [5.41, 5.74) is 3.03. The maximum Gasteiger partial charge on any atom is 0.248 e. The molecule has 1 amide bonds. The first-order valence-electron chi connectivity index (χ1n) is 12.6. The summed E-state index contributed by atoms with van der Waals surface area (Å²) < 4.78 is 20.2.